The predicted octanol–water partition coefficient (Wildman–Crippen LogP) is -0.718. The normalized spacial score (nSPS) is 31.0. The molecule has 0 aromatic heterocycles. The van der Waals surface area contributed by atoms with Crippen LogP contribution in [-0.4, -0.2) is 72.1 Å². The van der Waals surface area contributed by atoms with Crippen LogP contribution in [0.15, 0.2) is 0 Å². The van der Waals surface area contributed by atoms with E-state index in [0.29, 0.717) is 0 Å². The number of carbonyl (C=O) groups excluding carboxylic acids is 2. The molecule has 0 radical (unpaired) electrons. The van der Waals surface area contributed by atoms with E-state index < -0.39 is 12.0 Å². The largest absolute Gasteiger partial charge is 0.393 e. The van der Waals surface area contributed by atoms with Crippen molar-refractivity contribution >= 4 is 11.8 Å². The number of carbonyl (C=O) groups is 2. The van der Waals surface area contributed by atoms with Crippen LogP contribution in [0, 0.1) is 11.8 Å². The van der Waals surface area contributed by atoms with E-state index in [-0.39, 0.29) is 23.8 Å². The molecule has 4 atom stereocenters. The molecule has 6 heteroatoms. The van der Waals surface area contributed by atoms with Gasteiger partial charge in [0.1, 0.15) is 0 Å². The molecule has 0 aliphatic carbocycles. The van der Waals surface area contributed by atoms with Gasteiger partial charge in [0.2, 0.25) is 11.8 Å². The van der Waals surface area contributed by atoms with Crippen LogP contribution in [0.4, 0.5) is 0 Å². The number of hydrogen-bond donors (Lipinski definition) is 2. The highest BCUT2D eigenvalue weighted by Crippen LogP contribution is 2.27. The summed E-state index contributed by atoms with van der Waals surface area (Å²) in [4.78, 5) is 28.1. The highest BCUT2D eigenvalue weighted by molar-refractivity contribution is 5.90. The van der Waals surface area contributed by atoms with Gasteiger partial charge in [0, 0.05) is 19.6 Å². The zero-order valence-electron chi connectivity index (χ0n) is 12.5. The molecule has 2 N–H and O–H groups in total. The van der Waals surface area contributed by atoms with Crippen LogP contribution in [0.3, 0.4) is 0 Å². The number of amides is 2. The minimum absolute atomic E-state index is 0.0796. The number of likely N-dealkylation sites (N-methyl/N-ethyl adjacent to an activating group) is 1. The van der Waals surface area contributed by atoms with E-state index in [4.69, 9.17) is 0 Å². The number of β-lactam (4-membered cyclic amide) rings is 1. The maximum atomic E-state index is 12.5. The zero-order valence-corrected chi connectivity index (χ0v) is 12.5. The van der Waals surface area contributed by atoms with Gasteiger partial charge in [-0.15, -0.1) is 0 Å². The first-order chi connectivity index (χ1) is 9.41. The summed E-state index contributed by atoms with van der Waals surface area (Å²) < 4.78 is 0. The molecule has 2 aliphatic heterocycles. The van der Waals surface area contributed by atoms with Crippen molar-refractivity contribution in [2.45, 2.75) is 32.4 Å². The standard InChI is InChI=1S/C14H25N3O3/c1-9(12-11(10(2)18)13(19)15-12)14(20)17-6-4-5-16(3)7-8-17/h9-12,18H,4-8H2,1-3H3,(H,15,19)/t9?,10?,11-,12-/m1/s1. The Morgan fingerprint density at radius 2 is 2.00 bits per heavy atom. The van der Waals surface area contributed by atoms with Gasteiger partial charge >= 0.3 is 0 Å². The summed E-state index contributed by atoms with van der Waals surface area (Å²) in [6.45, 7) is 6.85. The van der Waals surface area contributed by atoms with Crippen molar-refractivity contribution in [1.82, 2.24) is 15.1 Å². The average Bonchev–Trinajstić information content (AvgIpc) is 2.58. The Morgan fingerprint density at radius 1 is 1.30 bits per heavy atom. The highest BCUT2D eigenvalue weighted by atomic mass is 16.3. The summed E-state index contributed by atoms with van der Waals surface area (Å²) >= 11 is 0. The Kier molecular flexibility index (Phi) is 4.65. The fourth-order valence-electron chi connectivity index (χ4n) is 3.08. The SMILES string of the molecule is CC(C(=O)N1CCCN(C)CC1)[C@H]1NC(=O)[C@@H]1C(C)O. The third-order valence-corrected chi connectivity index (χ3v) is 4.48. The van der Waals surface area contributed by atoms with Crippen LogP contribution in [0.25, 0.3) is 0 Å². The second-order valence-electron chi connectivity index (χ2n) is 6.07. The predicted molar refractivity (Wildman–Crippen MR) is 75.0 cm³/mol. The topological polar surface area (TPSA) is 72.9 Å². The van der Waals surface area contributed by atoms with Gasteiger partial charge in [-0.2, -0.15) is 0 Å². The van der Waals surface area contributed by atoms with E-state index in [9.17, 15) is 14.7 Å². The second kappa shape index (κ2) is 6.10. The van der Waals surface area contributed by atoms with E-state index in [1.165, 1.54) is 0 Å². The summed E-state index contributed by atoms with van der Waals surface area (Å²) in [6, 6.07) is -0.240. The van der Waals surface area contributed by atoms with E-state index >= 15 is 0 Å². The third-order valence-electron chi connectivity index (χ3n) is 4.48. The summed E-state index contributed by atoms with van der Waals surface area (Å²) in [6.07, 6.45) is 0.269. The summed E-state index contributed by atoms with van der Waals surface area (Å²) in [5.41, 5.74) is 0. The van der Waals surface area contributed by atoms with E-state index in [2.05, 4.69) is 17.3 Å². The number of rotatable bonds is 3. The molecule has 2 saturated heterocycles. The molecule has 0 saturated carbocycles. The molecule has 0 aromatic rings. The number of aliphatic hydroxyl groups excluding tert-OH is 1. The first-order valence-corrected chi connectivity index (χ1v) is 7.37. The maximum Gasteiger partial charge on any atom is 0.228 e. The van der Waals surface area contributed by atoms with Crippen molar-refractivity contribution in [2.24, 2.45) is 11.8 Å². The van der Waals surface area contributed by atoms with Gasteiger partial charge in [-0.25, -0.2) is 0 Å². The first kappa shape index (κ1) is 15.3. The Hall–Kier alpha value is -1.14. The lowest BCUT2D eigenvalue weighted by Gasteiger charge is -2.42. The minimum Gasteiger partial charge on any atom is -0.393 e. The Bertz CT molecular complexity index is 386. The Labute approximate surface area is 120 Å². The molecule has 2 unspecified atom stereocenters. The van der Waals surface area contributed by atoms with Gasteiger partial charge in [-0.3, -0.25) is 9.59 Å². The molecule has 2 fully saturated rings. The average molecular weight is 283 g/mol. The van der Waals surface area contributed by atoms with Gasteiger partial charge in [-0.1, -0.05) is 6.92 Å². The van der Waals surface area contributed by atoms with Gasteiger partial charge < -0.3 is 20.2 Å². The fraction of sp³-hybridized carbons (Fsp3) is 0.857. The lowest BCUT2D eigenvalue weighted by Crippen LogP contribution is -2.66. The smallest absolute Gasteiger partial charge is 0.228 e. The molecular weight excluding hydrogens is 258 g/mol. The molecule has 2 amide bonds. The van der Waals surface area contributed by atoms with Gasteiger partial charge in [0.15, 0.2) is 0 Å². The lowest BCUT2D eigenvalue weighted by atomic mass is 9.78. The summed E-state index contributed by atoms with van der Waals surface area (Å²) in [7, 11) is 2.06. The zero-order chi connectivity index (χ0) is 14.9. The lowest BCUT2D eigenvalue weighted by molar-refractivity contribution is -0.148. The van der Waals surface area contributed by atoms with Crippen molar-refractivity contribution in [3.8, 4) is 0 Å². The van der Waals surface area contributed by atoms with Crippen LogP contribution in [0.5, 0.6) is 0 Å². The number of nitrogens with zero attached hydrogens (tertiary/aromatic N) is 2. The van der Waals surface area contributed by atoms with Crippen molar-refractivity contribution in [1.29, 1.82) is 0 Å². The molecule has 2 rings (SSSR count). The molecule has 6 nitrogen and oxygen atoms in total. The van der Waals surface area contributed by atoms with Crippen molar-refractivity contribution in [3.63, 3.8) is 0 Å². The molecule has 0 aromatic carbocycles. The van der Waals surface area contributed by atoms with E-state index in [1.54, 1.807) is 6.92 Å². The molecule has 2 heterocycles. The van der Waals surface area contributed by atoms with E-state index in [0.717, 1.165) is 32.6 Å². The Balaban J connectivity index is 1.96. The third kappa shape index (κ3) is 2.96. The first-order valence-electron chi connectivity index (χ1n) is 7.37. The van der Waals surface area contributed by atoms with Crippen LogP contribution in [-0.2, 0) is 9.59 Å². The molecule has 0 spiro atoms. The molecule has 2 aliphatic rings. The molecule has 0 bridgehead atoms. The Morgan fingerprint density at radius 3 is 2.60 bits per heavy atom. The highest BCUT2D eigenvalue weighted by Gasteiger charge is 2.47. The van der Waals surface area contributed by atoms with Gasteiger partial charge in [0.25, 0.3) is 0 Å². The monoisotopic (exact) mass is 283 g/mol. The van der Waals surface area contributed by atoms with E-state index in [1.807, 2.05) is 11.8 Å². The van der Waals surface area contributed by atoms with Gasteiger partial charge in [-0.05, 0) is 26.9 Å². The number of hydrogen-bond acceptors (Lipinski definition) is 4. The molecular formula is C14H25N3O3. The van der Waals surface area contributed by atoms with Crippen molar-refractivity contribution < 1.29 is 14.7 Å². The van der Waals surface area contributed by atoms with Crippen molar-refractivity contribution in [3.05, 3.63) is 0 Å². The van der Waals surface area contributed by atoms with Crippen LogP contribution in [0.2, 0.25) is 0 Å². The fourth-order valence-corrected chi connectivity index (χ4v) is 3.08. The molecule has 20 heavy (non-hydrogen) atoms. The van der Waals surface area contributed by atoms with Gasteiger partial charge in [0.05, 0.1) is 24.0 Å². The second-order valence-corrected chi connectivity index (χ2v) is 6.07. The number of aliphatic hydroxyl groups is 1. The summed E-state index contributed by atoms with van der Waals surface area (Å²) in [5.74, 6) is -0.810. The van der Waals surface area contributed by atoms with Crippen molar-refractivity contribution in [2.75, 3.05) is 33.2 Å². The summed E-state index contributed by atoms with van der Waals surface area (Å²) in [5, 5.41) is 12.4. The number of nitrogens with one attached hydrogen (secondary N) is 1. The maximum absolute atomic E-state index is 12.5. The quantitative estimate of drug-likeness (QED) is 0.671. The van der Waals surface area contributed by atoms with Crippen LogP contribution in [0.1, 0.15) is 20.3 Å². The van der Waals surface area contributed by atoms with Crippen LogP contribution < -0.4 is 5.32 Å². The van der Waals surface area contributed by atoms with Crippen LogP contribution >= 0.6 is 0 Å². The molecule has 114 valence electrons. The minimum atomic E-state index is -0.709.